The first-order chi connectivity index (χ1) is 13.6. The van der Waals surface area contributed by atoms with Crippen molar-refractivity contribution in [3.63, 3.8) is 0 Å². The van der Waals surface area contributed by atoms with Crippen molar-refractivity contribution in [3.8, 4) is 11.5 Å². The Morgan fingerprint density at radius 2 is 1.68 bits per heavy atom. The molecule has 4 N–H and O–H groups in total. The summed E-state index contributed by atoms with van der Waals surface area (Å²) in [7, 11) is 0. The molecule has 2 heterocycles. The molecule has 2 aromatic carbocycles. The van der Waals surface area contributed by atoms with Gasteiger partial charge in [0.2, 0.25) is 0 Å². The molecule has 0 saturated carbocycles. The second-order valence-corrected chi connectivity index (χ2v) is 7.56. The van der Waals surface area contributed by atoms with Crippen LogP contribution in [-0.2, 0) is 13.0 Å². The summed E-state index contributed by atoms with van der Waals surface area (Å²) in [4.78, 5) is 14.5. The van der Waals surface area contributed by atoms with Gasteiger partial charge in [0.1, 0.15) is 17.2 Å². The molecule has 4 rings (SSSR count). The lowest BCUT2D eigenvalue weighted by Crippen LogP contribution is -2.21. The van der Waals surface area contributed by atoms with Gasteiger partial charge in [-0.05, 0) is 42.3 Å². The third kappa shape index (κ3) is 3.62. The quantitative estimate of drug-likeness (QED) is 0.405. The minimum Gasteiger partial charge on any atom is -0.507 e. The summed E-state index contributed by atoms with van der Waals surface area (Å²) in [5.41, 5.74) is 4.84. The van der Waals surface area contributed by atoms with E-state index in [1.807, 2.05) is 6.07 Å². The second kappa shape index (κ2) is 7.84. The number of phenols is 2. The van der Waals surface area contributed by atoms with Crippen molar-refractivity contribution in [3.05, 3.63) is 81.0 Å². The maximum absolute atomic E-state index is 12.6. The number of nitrogens with one attached hydrogen (secondary N) is 2. The highest BCUT2D eigenvalue weighted by Gasteiger charge is 2.19. The van der Waals surface area contributed by atoms with Crippen LogP contribution in [0.4, 0.5) is 0 Å². The van der Waals surface area contributed by atoms with E-state index in [0.717, 1.165) is 25.1 Å². The molecule has 0 radical (unpaired) electrons. The first kappa shape index (κ1) is 18.2. The van der Waals surface area contributed by atoms with Crippen LogP contribution in [0.25, 0.3) is 0 Å². The van der Waals surface area contributed by atoms with Crippen LogP contribution in [0.15, 0.2) is 59.7 Å². The maximum Gasteiger partial charge on any atom is 0.281 e. The lowest BCUT2D eigenvalue weighted by atomic mass is 10.0. The van der Waals surface area contributed by atoms with E-state index in [-0.39, 0.29) is 23.1 Å². The first-order valence-corrected chi connectivity index (χ1v) is 9.72. The number of hydrogen-bond acceptors (Lipinski definition) is 6. The maximum atomic E-state index is 12.6. The second-order valence-electron chi connectivity index (χ2n) is 6.42. The van der Waals surface area contributed by atoms with E-state index < -0.39 is 0 Å². The molecule has 0 bridgehead atoms. The average molecular weight is 393 g/mol. The van der Waals surface area contributed by atoms with Crippen LogP contribution in [0, 0.1) is 0 Å². The van der Waals surface area contributed by atoms with Crippen LogP contribution in [0.5, 0.6) is 11.5 Å². The van der Waals surface area contributed by atoms with Crippen molar-refractivity contribution in [2.45, 2.75) is 13.0 Å². The number of hydrazone groups is 1. The monoisotopic (exact) mass is 393 g/mol. The van der Waals surface area contributed by atoms with Crippen molar-refractivity contribution in [2.24, 2.45) is 5.10 Å². The third-order valence-electron chi connectivity index (χ3n) is 4.55. The topological polar surface area (TPSA) is 94.0 Å². The zero-order chi connectivity index (χ0) is 19.5. The predicted molar refractivity (Wildman–Crippen MR) is 109 cm³/mol. The molecule has 0 spiro atoms. The summed E-state index contributed by atoms with van der Waals surface area (Å²) >= 11 is 1.47. The van der Waals surface area contributed by atoms with Crippen molar-refractivity contribution >= 4 is 23.0 Å². The molecule has 6 nitrogen and oxygen atoms in total. The molecule has 142 valence electrons. The van der Waals surface area contributed by atoms with E-state index >= 15 is 0 Å². The van der Waals surface area contributed by atoms with E-state index in [1.54, 1.807) is 36.4 Å². The van der Waals surface area contributed by atoms with E-state index in [0.29, 0.717) is 16.0 Å². The zero-order valence-electron chi connectivity index (χ0n) is 15.0. The number of amides is 1. The van der Waals surface area contributed by atoms with E-state index in [9.17, 15) is 15.0 Å². The largest absolute Gasteiger partial charge is 0.507 e. The fourth-order valence-electron chi connectivity index (χ4n) is 3.14. The highest BCUT2D eigenvalue weighted by atomic mass is 32.1. The van der Waals surface area contributed by atoms with Gasteiger partial charge in [-0.25, -0.2) is 5.43 Å². The van der Waals surface area contributed by atoms with Gasteiger partial charge in [0.25, 0.3) is 5.91 Å². The van der Waals surface area contributed by atoms with E-state index in [1.165, 1.54) is 28.3 Å². The molecule has 28 heavy (non-hydrogen) atoms. The molecule has 0 unspecified atom stereocenters. The van der Waals surface area contributed by atoms with Gasteiger partial charge >= 0.3 is 0 Å². The summed E-state index contributed by atoms with van der Waals surface area (Å²) in [6, 6.07) is 15.2. The number of aromatic hydroxyl groups is 2. The number of fused-ring (bicyclic) bond motifs is 1. The summed E-state index contributed by atoms with van der Waals surface area (Å²) in [6.45, 7) is 1.68. The van der Waals surface area contributed by atoms with Crippen LogP contribution >= 0.6 is 11.3 Å². The Kier molecular flexibility index (Phi) is 5.10. The van der Waals surface area contributed by atoms with Gasteiger partial charge < -0.3 is 15.5 Å². The van der Waals surface area contributed by atoms with Gasteiger partial charge in [0, 0.05) is 29.1 Å². The van der Waals surface area contributed by atoms with Crippen molar-refractivity contribution in [2.75, 3.05) is 6.54 Å². The number of para-hydroxylation sites is 2. The molecular formula is C21H19N3O3S. The number of benzene rings is 2. The Hall–Kier alpha value is -3.16. The predicted octanol–water partition coefficient (Wildman–Crippen LogP) is 2.99. The molecule has 1 aromatic heterocycles. The van der Waals surface area contributed by atoms with Gasteiger partial charge in [-0.3, -0.25) is 4.79 Å². The minimum absolute atomic E-state index is 0.0106. The molecule has 3 aromatic rings. The molecule has 0 saturated heterocycles. The van der Waals surface area contributed by atoms with Crippen molar-refractivity contribution in [1.82, 2.24) is 10.7 Å². The Bertz CT molecular complexity index is 988. The molecule has 7 heteroatoms. The Balaban J connectivity index is 1.68. The fourth-order valence-corrected chi connectivity index (χ4v) is 4.21. The smallest absolute Gasteiger partial charge is 0.281 e. The number of carbonyl (C=O) groups is 1. The highest BCUT2D eigenvalue weighted by Crippen LogP contribution is 2.27. The first-order valence-electron chi connectivity index (χ1n) is 8.90. The van der Waals surface area contributed by atoms with E-state index in [4.69, 9.17) is 0 Å². The molecule has 1 aliphatic rings. The summed E-state index contributed by atoms with van der Waals surface area (Å²) in [5, 5.41) is 28.0. The number of carbonyl (C=O) groups excluding carboxylic acids is 1. The van der Waals surface area contributed by atoms with Crippen LogP contribution < -0.4 is 10.7 Å². The molecular weight excluding hydrogens is 374 g/mol. The van der Waals surface area contributed by atoms with Crippen LogP contribution in [-0.4, -0.2) is 28.4 Å². The number of hydrogen-bond donors (Lipinski definition) is 4. The van der Waals surface area contributed by atoms with Crippen LogP contribution in [0.1, 0.15) is 31.2 Å². The molecule has 0 atom stereocenters. The van der Waals surface area contributed by atoms with Gasteiger partial charge in [0.05, 0.1) is 4.88 Å². The molecule has 0 fully saturated rings. The number of phenolic OH excluding ortho intramolecular Hbond substituents is 2. The Labute approximate surface area is 166 Å². The summed E-state index contributed by atoms with van der Waals surface area (Å²) in [6.07, 6.45) is 0.914. The molecule has 1 amide bonds. The summed E-state index contributed by atoms with van der Waals surface area (Å²) < 4.78 is 0. The van der Waals surface area contributed by atoms with Crippen LogP contribution in [0.3, 0.4) is 0 Å². The summed E-state index contributed by atoms with van der Waals surface area (Å²) in [5.74, 6) is -0.296. The van der Waals surface area contributed by atoms with Gasteiger partial charge in [-0.15, -0.1) is 11.3 Å². The number of thiophene rings is 1. The van der Waals surface area contributed by atoms with Gasteiger partial charge in [0.15, 0.2) is 0 Å². The SMILES string of the molecule is O=C(NN=C(c1ccccc1O)c1ccccc1O)c1cc2c(s1)CCNC2. The lowest BCUT2D eigenvalue weighted by Gasteiger charge is -2.10. The van der Waals surface area contributed by atoms with E-state index in [2.05, 4.69) is 15.8 Å². The third-order valence-corrected chi connectivity index (χ3v) is 5.79. The minimum atomic E-state index is -0.317. The highest BCUT2D eigenvalue weighted by molar-refractivity contribution is 7.14. The normalized spacial score (nSPS) is 12.9. The Morgan fingerprint density at radius 1 is 1.04 bits per heavy atom. The van der Waals surface area contributed by atoms with Crippen molar-refractivity contribution < 1.29 is 15.0 Å². The standard InChI is InChI=1S/C21H19N3O3S/c25-16-7-3-1-5-14(16)20(15-6-2-4-8-17(15)26)23-24-21(27)19-11-13-12-22-10-9-18(13)28-19/h1-8,11,22,25-26H,9-10,12H2,(H,24,27). The average Bonchev–Trinajstić information content (AvgIpc) is 3.15. The van der Waals surface area contributed by atoms with Crippen molar-refractivity contribution in [1.29, 1.82) is 0 Å². The molecule has 1 aliphatic heterocycles. The van der Waals surface area contributed by atoms with Gasteiger partial charge in [-0.1, -0.05) is 24.3 Å². The fraction of sp³-hybridized carbons (Fsp3) is 0.143. The van der Waals surface area contributed by atoms with Crippen LogP contribution in [0.2, 0.25) is 0 Å². The lowest BCUT2D eigenvalue weighted by molar-refractivity contribution is 0.0959. The Morgan fingerprint density at radius 3 is 2.29 bits per heavy atom. The molecule has 0 aliphatic carbocycles. The number of rotatable bonds is 4. The number of nitrogens with zero attached hydrogens (tertiary/aromatic N) is 1. The zero-order valence-corrected chi connectivity index (χ0v) is 15.8. The van der Waals surface area contributed by atoms with Gasteiger partial charge in [-0.2, -0.15) is 5.10 Å².